The highest BCUT2D eigenvalue weighted by Gasteiger charge is 2.19. The number of thiazole rings is 1. The van der Waals surface area contributed by atoms with Crippen molar-refractivity contribution in [2.45, 2.75) is 19.4 Å². The molecule has 3 aromatic rings. The molecule has 1 atom stereocenters. The van der Waals surface area contributed by atoms with Crippen LogP contribution in [-0.4, -0.2) is 23.8 Å². The smallest absolute Gasteiger partial charge is 0.266 e. The third kappa shape index (κ3) is 4.20. The van der Waals surface area contributed by atoms with Crippen molar-refractivity contribution < 1.29 is 19.0 Å². The van der Waals surface area contributed by atoms with Crippen LogP contribution in [0.2, 0.25) is 0 Å². The first kappa shape index (κ1) is 17.4. The molecule has 7 heteroatoms. The van der Waals surface area contributed by atoms with Crippen molar-refractivity contribution in [3.8, 4) is 17.2 Å². The number of carbonyl (C=O) groups is 1. The molecule has 138 valence electrons. The van der Waals surface area contributed by atoms with Gasteiger partial charge in [0, 0.05) is 23.6 Å². The molecule has 0 radical (unpaired) electrons. The largest absolute Gasteiger partial charge is 0.481 e. The first-order valence-corrected chi connectivity index (χ1v) is 9.35. The Labute approximate surface area is 160 Å². The van der Waals surface area contributed by atoms with Crippen LogP contribution < -0.4 is 19.5 Å². The molecule has 2 heterocycles. The van der Waals surface area contributed by atoms with E-state index in [9.17, 15) is 4.79 Å². The Hall–Kier alpha value is -3.06. The Bertz CT molecular complexity index is 942. The predicted molar refractivity (Wildman–Crippen MR) is 103 cm³/mol. The van der Waals surface area contributed by atoms with Gasteiger partial charge in [-0.15, -0.1) is 11.3 Å². The monoisotopic (exact) mass is 382 g/mol. The fourth-order valence-corrected chi connectivity index (χ4v) is 3.51. The zero-order chi connectivity index (χ0) is 18.6. The van der Waals surface area contributed by atoms with Gasteiger partial charge in [-0.05, 0) is 24.6 Å². The van der Waals surface area contributed by atoms with Gasteiger partial charge in [-0.3, -0.25) is 10.1 Å². The highest BCUT2D eigenvalue weighted by atomic mass is 32.1. The minimum absolute atomic E-state index is 0.199. The van der Waals surface area contributed by atoms with Crippen molar-refractivity contribution in [2.24, 2.45) is 0 Å². The maximum Gasteiger partial charge on any atom is 0.266 e. The van der Waals surface area contributed by atoms with Crippen LogP contribution in [-0.2, 0) is 11.2 Å². The van der Waals surface area contributed by atoms with E-state index in [1.54, 1.807) is 31.3 Å². The number of aromatic nitrogens is 1. The Balaban J connectivity index is 1.34. The van der Waals surface area contributed by atoms with Gasteiger partial charge in [0.1, 0.15) is 5.75 Å². The van der Waals surface area contributed by atoms with Crippen LogP contribution in [0.3, 0.4) is 0 Å². The molecule has 0 aliphatic carbocycles. The fraction of sp³-hybridized carbons (Fsp3) is 0.200. The number of hydrogen-bond acceptors (Lipinski definition) is 6. The summed E-state index contributed by atoms with van der Waals surface area (Å²) in [7, 11) is 0. The molecule has 4 rings (SSSR count). The number of fused-ring (bicyclic) bond motifs is 1. The molecule has 27 heavy (non-hydrogen) atoms. The maximum atomic E-state index is 12.4. The Morgan fingerprint density at radius 2 is 2.04 bits per heavy atom. The van der Waals surface area contributed by atoms with Crippen LogP contribution >= 0.6 is 11.3 Å². The normalized spacial score (nSPS) is 13.2. The lowest BCUT2D eigenvalue weighted by molar-refractivity contribution is -0.122. The molecular weight excluding hydrogens is 364 g/mol. The molecule has 1 N–H and O–H groups in total. The van der Waals surface area contributed by atoms with Crippen molar-refractivity contribution in [1.82, 2.24) is 4.98 Å². The number of benzene rings is 2. The third-order valence-corrected chi connectivity index (χ3v) is 4.94. The van der Waals surface area contributed by atoms with Crippen molar-refractivity contribution in [2.75, 3.05) is 12.1 Å². The number of amides is 1. The van der Waals surface area contributed by atoms with Gasteiger partial charge in [0.25, 0.3) is 5.91 Å². The molecule has 1 unspecified atom stereocenters. The molecule has 0 bridgehead atoms. The lowest BCUT2D eigenvalue weighted by atomic mass is 10.1. The van der Waals surface area contributed by atoms with Crippen molar-refractivity contribution >= 4 is 22.4 Å². The van der Waals surface area contributed by atoms with Crippen molar-refractivity contribution in [3.05, 3.63) is 65.2 Å². The summed E-state index contributed by atoms with van der Waals surface area (Å²) >= 11 is 1.46. The second-order valence-corrected chi connectivity index (χ2v) is 7.17. The number of hydrogen-bond donors (Lipinski definition) is 1. The van der Waals surface area contributed by atoms with E-state index in [2.05, 4.69) is 22.4 Å². The number of nitrogens with one attached hydrogen (secondary N) is 1. The highest BCUT2D eigenvalue weighted by molar-refractivity contribution is 7.15. The van der Waals surface area contributed by atoms with E-state index in [0.29, 0.717) is 22.4 Å². The standard InChI is InChI=1S/C20H18N2O4S/c1-13(26-15-7-8-17-18(10-15)25-12-24-17)19(23)22-20-21-11-16(27-20)9-14-5-3-2-4-6-14/h2-8,10-11,13H,9,12H2,1H3,(H,21,22,23). The number of anilines is 1. The fourth-order valence-electron chi connectivity index (χ4n) is 2.66. The molecule has 0 saturated carbocycles. The molecule has 6 nitrogen and oxygen atoms in total. The summed E-state index contributed by atoms with van der Waals surface area (Å²) in [4.78, 5) is 17.8. The van der Waals surface area contributed by atoms with E-state index >= 15 is 0 Å². The zero-order valence-electron chi connectivity index (χ0n) is 14.7. The van der Waals surface area contributed by atoms with Gasteiger partial charge in [-0.25, -0.2) is 4.98 Å². The number of nitrogens with zero attached hydrogens (tertiary/aromatic N) is 1. The van der Waals surface area contributed by atoms with Gasteiger partial charge in [-0.2, -0.15) is 0 Å². The summed E-state index contributed by atoms with van der Waals surface area (Å²) in [6, 6.07) is 15.4. The van der Waals surface area contributed by atoms with Crippen molar-refractivity contribution in [1.29, 1.82) is 0 Å². The van der Waals surface area contributed by atoms with Crippen LogP contribution in [0.15, 0.2) is 54.7 Å². The minimum atomic E-state index is -0.674. The lowest BCUT2D eigenvalue weighted by Crippen LogP contribution is -2.30. The first-order chi connectivity index (χ1) is 13.2. The van der Waals surface area contributed by atoms with Gasteiger partial charge < -0.3 is 14.2 Å². The van der Waals surface area contributed by atoms with E-state index in [1.807, 2.05) is 18.2 Å². The van der Waals surface area contributed by atoms with E-state index in [0.717, 1.165) is 11.3 Å². The summed E-state index contributed by atoms with van der Waals surface area (Å²) in [5, 5.41) is 3.37. The second kappa shape index (κ2) is 7.67. The van der Waals surface area contributed by atoms with Crippen molar-refractivity contribution in [3.63, 3.8) is 0 Å². The quantitative estimate of drug-likeness (QED) is 0.701. The summed E-state index contributed by atoms with van der Waals surface area (Å²) in [5.41, 5.74) is 1.21. The van der Waals surface area contributed by atoms with Crippen LogP contribution in [0.5, 0.6) is 17.2 Å². The zero-order valence-corrected chi connectivity index (χ0v) is 15.5. The molecule has 1 amide bonds. The van der Waals surface area contributed by atoms with Gasteiger partial charge >= 0.3 is 0 Å². The van der Waals surface area contributed by atoms with Gasteiger partial charge in [0.2, 0.25) is 6.79 Å². The lowest BCUT2D eigenvalue weighted by Gasteiger charge is -2.14. The predicted octanol–water partition coefficient (Wildman–Crippen LogP) is 3.87. The topological polar surface area (TPSA) is 69.7 Å². The van der Waals surface area contributed by atoms with Crippen LogP contribution in [0, 0.1) is 0 Å². The summed E-state index contributed by atoms with van der Waals surface area (Å²) in [5.74, 6) is 1.58. The maximum absolute atomic E-state index is 12.4. The van der Waals surface area contributed by atoms with Crippen LogP contribution in [0.4, 0.5) is 5.13 Å². The third-order valence-electron chi connectivity index (χ3n) is 4.03. The van der Waals surface area contributed by atoms with Crippen LogP contribution in [0.1, 0.15) is 17.4 Å². The van der Waals surface area contributed by atoms with E-state index in [-0.39, 0.29) is 12.7 Å². The number of rotatable bonds is 6. The average molecular weight is 382 g/mol. The van der Waals surface area contributed by atoms with E-state index in [1.165, 1.54) is 16.9 Å². The Kier molecular flexibility index (Phi) is 4.93. The average Bonchev–Trinajstić information content (AvgIpc) is 3.31. The first-order valence-electron chi connectivity index (χ1n) is 8.53. The molecule has 1 aliphatic rings. The van der Waals surface area contributed by atoms with E-state index < -0.39 is 6.10 Å². The minimum Gasteiger partial charge on any atom is -0.481 e. The number of ether oxygens (including phenoxy) is 3. The molecule has 0 saturated heterocycles. The van der Waals surface area contributed by atoms with Crippen LogP contribution in [0.25, 0.3) is 0 Å². The van der Waals surface area contributed by atoms with E-state index in [4.69, 9.17) is 14.2 Å². The SMILES string of the molecule is CC(Oc1ccc2c(c1)OCO2)C(=O)Nc1ncc(Cc2ccccc2)s1. The molecule has 0 spiro atoms. The van der Waals surface area contributed by atoms with Gasteiger partial charge in [0.15, 0.2) is 22.7 Å². The number of carbonyl (C=O) groups excluding carboxylic acids is 1. The van der Waals surface area contributed by atoms with Gasteiger partial charge in [0.05, 0.1) is 0 Å². The second-order valence-electron chi connectivity index (χ2n) is 6.06. The molecule has 2 aromatic carbocycles. The summed E-state index contributed by atoms with van der Waals surface area (Å²) in [6.45, 7) is 1.89. The Morgan fingerprint density at radius 1 is 1.22 bits per heavy atom. The Morgan fingerprint density at radius 3 is 2.89 bits per heavy atom. The summed E-state index contributed by atoms with van der Waals surface area (Å²) < 4.78 is 16.3. The molecule has 1 aromatic heterocycles. The van der Waals surface area contributed by atoms with Gasteiger partial charge in [-0.1, -0.05) is 30.3 Å². The molecule has 0 fully saturated rings. The molecular formula is C20H18N2O4S. The summed E-state index contributed by atoms with van der Waals surface area (Å²) in [6.07, 6.45) is 1.90. The highest BCUT2D eigenvalue weighted by Crippen LogP contribution is 2.35. The molecule has 1 aliphatic heterocycles.